The number of rotatable bonds is 7. The Morgan fingerprint density at radius 3 is 2.87 bits per heavy atom. The molecule has 4 rings (SSSR count). The zero-order valence-electron chi connectivity index (χ0n) is 17.6. The minimum absolute atomic E-state index is 0.0368. The average molecular weight is 435 g/mol. The molecule has 1 aliphatic heterocycles. The fourth-order valence-corrected chi connectivity index (χ4v) is 4.89. The first-order valence-electron chi connectivity index (χ1n) is 10.3. The Balaban J connectivity index is 1.59. The second-order valence-corrected chi connectivity index (χ2v) is 8.93. The Morgan fingerprint density at radius 1 is 1.29 bits per heavy atom. The lowest BCUT2D eigenvalue weighted by Crippen LogP contribution is -2.45. The van der Waals surface area contributed by atoms with Crippen LogP contribution in [0.2, 0.25) is 0 Å². The summed E-state index contributed by atoms with van der Waals surface area (Å²) in [5, 5.41) is 9.26. The Hall–Kier alpha value is -3.19. The standard InChI is InChI=1S/C24H26N4O2S/c1-3-11-25-23(30)24(10-13-28(17-24)22(29)20-9-12-27(2)26-20)16-18-6-4-7-19(15-18)21-8-5-14-31-21/h3-9,12,14-15H,1,10-11,13,16-17H2,2H3,(H,25,30)/t24-/m0/s1. The van der Waals surface area contributed by atoms with Crippen molar-refractivity contribution in [3.05, 3.63) is 78.0 Å². The predicted molar refractivity (Wildman–Crippen MR) is 123 cm³/mol. The van der Waals surface area contributed by atoms with Gasteiger partial charge in [-0.1, -0.05) is 36.4 Å². The largest absolute Gasteiger partial charge is 0.352 e. The van der Waals surface area contributed by atoms with Crippen LogP contribution in [0.4, 0.5) is 0 Å². The molecule has 6 nitrogen and oxygen atoms in total. The lowest BCUT2D eigenvalue weighted by molar-refractivity contribution is -0.130. The van der Waals surface area contributed by atoms with E-state index in [0.29, 0.717) is 38.2 Å². The van der Waals surface area contributed by atoms with E-state index in [9.17, 15) is 9.59 Å². The molecule has 1 atom stereocenters. The number of thiophene rings is 1. The molecule has 0 aliphatic carbocycles. The Morgan fingerprint density at radius 2 is 2.16 bits per heavy atom. The predicted octanol–water partition coefficient (Wildman–Crippen LogP) is 3.53. The third-order valence-corrected chi connectivity index (χ3v) is 6.66. The van der Waals surface area contributed by atoms with Crippen LogP contribution in [-0.2, 0) is 18.3 Å². The number of likely N-dealkylation sites (tertiary alicyclic amines) is 1. The highest BCUT2D eigenvalue weighted by Gasteiger charge is 2.46. The molecule has 2 aromatic heterocycles. The van der Waals surface area contributed by atoms with E-state index in [0.717, 1.165) is 11.1 Å². The molecule has 0 saturated carbocycles. The van der Waals surface area contributed by atoms with Gasteiger partial charge in [-0.2, -0.15) is 5.10 Å². The number of hydrogen-bond donors (Lipinski definition) is 1. The van der Waals surface area contributed by atoms with Gasteiger partial charge in [0.25, 0.3) is 5.91 Å². The molecule has 1 saturated heterocycles. The summed E-state index contributed by atoms with van der Waals surface area (Å²) in [6.07, 6.45) is 4.61. The fourth-order valence-electron chi connectivity index (χ4n) is 4.17. The van der Waals surface area contributed by atoms with E-state index in [4.69, 9.17) is 0 Å². The zero-order chi connectivity index (χ0) is 21.8. The Bertz CT molecular complexity index is 1090. The smallest absolute Gasteiger partial charge is 0.274 e. The number of aryl methyl sites for hydroxylation is 1. The number of carbonyl (C=O) groups excluding carboxylic acids is 2. The molecule has 7 heteroatoms. The van der Waals surface area contributed by atoms with E-state index >= 15 is 0 Å². The molecule has 0 radical (unpaired) electrons. The van der Waals surface area contributed by atoms with Gasteiger partial charge in [0.05, 0.1) is 5.41 Å². The highest BCUT2D eigenvalue weighted by Crippen LogP contribution is 2.36. The van der Waals surface area contributed by atoms with Gasteiger partial charge < -0.3 is 10.2 Å². The van der Waals surface area contributed by atoms with Gasteiger partial charge in [0, 0.05) is 37.8 Å². The van der Waals surface area contributed by atoms with Crippen molar-refractivity contribution in [3.8, 4) is 10.4 Å². The SMILES string of the molecule is C=CCNC(=O)[C@]1(Cc2cccc(-c3cccs3)c2)CCN(C(=O)c2ccn(C)n2)C1. The minimum Gasteiger partial charge on any atom is -0.352 e. The lowest BCUT2D eigenvalue weighted by atomic mass is 9.79. The van der Waals surface area contributed by atoms with Crippen molar-refractivity contribution in [2.45, 2.75) is 12.8 Å². The molecular weight excluding hydrogens is 408 g/mol. The maximum atomic E-state index is 13.2. The van der Waals surface area contributed by atoms with E-state index in [2.05, 4.69) is 46.6 Å². The van der Waals surface area contributed by atoms with Crippen molar-refractivity contribution < 1.29 is 9.59 Å². The molecule has 0 bridgehead atoms. The van der Waals surface area contributed by atoms with Gasteiger partial charge in [-0.15, -0.1) is 17.9 Å². The van der Waals surface area contributed by atoms with Crippen LogP contribution in [0, 0.1) is 5.41 Å². The number of nitrogens with one attached hydrogen (secondary N) is 1. The van der Waals surface area contributed by atoms with Crippen LogP contribution >= 0.6 is 11.3 Å². The van der Waals surface area contributed by atoms with Gasteiger partial charge >= 0.3 is 0 Å². The van der Waals surface area contributed by atoms with Crippen LogP contribution in [0.25, 0.3) is 10.4 Å². The number of aromatic nitrogens is 2. The summed E-state index contributed by atoms with van der Waals surface area (Å²) in [4.78, 5) is 29.1. The van der Waals surface area contributed by atoms with Crippen molar-refractivity contribution in [1.82, 2.24) is 20.0 Å². The second-order valence-electron chi connectivity index (χ2n) is 7.98. The molecular formula is C24H26N4O2S. The molecule has 1 aliphatic rings. The first kappa shape index (κ1) is 21.1. The molecule has 2 amide bonds. The molecule has 1 fully saturated rings. The number of carbonyl (C=O) groups is 2. The molecule has 31 heavy (non-hydrogen) atoms. The highest BCUT2D eigenvalue weighted by molar-refractivity contribution is 7.13. The summed E-state index contributed by atoms with van der Waals surface area (Å²) >= 11 is 1.70. The maximum Gasteiger partial charge on any atom is 0.274 e. The summed E-state index contributed by atoms with van der Waals surface area (Å²) < 4.78 is 1.61. The topological polar surface area (TPSA) is 67.2 Å². The van der Waals surface area contributed by atoms with E-state index in [1.54, 1.807) is 46.3 Å². The van der Waals surface area contributed by atoms with Gasteiger partial charge in [0.1, 0.15) is 5.69 Å². The van der Waals surface area contributed by atoms with Gasteiger partial charge in [0.2, 0.25) is 5.91 Å². The summed E-state index contributed by atoms with van der Waals surface area (Å²) in [7, 11) is 1.79. The zero-order valence-corrected chi connectivity index (χ0v) is 18.4. The van der Waals surface area contributed by atoms with Crippen molar-refractivity contribution in [1.29, 1.82) is 0 Å². The third-order valence-electron chi connectivity index (χ3n) is 5.74. The maximum absolute atomic E-state index is 13.2. The third kappa shape index (κ3) is 4.46. The number of benzene rings is 1. The summed E-state index contributed by atoms with van der Waals surface area (Å²) in [5.74, 6) is -0.170. The van der Waals surface area contributed by atoms with E-state index in [1.807, 2.05) is 12.1 Å². The van der Waals surface area contributed by atoms with E-state index in [-0.39, 0.29) is 11.8 Å². The lowest BCUT2D eigenvalue weighted by Gasteiger charge is -2.28. The highest BCUT2D eigenvalue weighted by atomic mass is 32.1. The van der Waals surface area contributed by atoms with Crippen LogP contribution in [0.15, 0.2) is 66.7 Å². The van der Waals surface area contributed by atoms with Crippen molar-refractivity contribution >= 4 is 23.2 Å². The summed E-state index contributed by atoms with van der Waals surface area (Å²) in [6.45, 7) is 5.01. The van der Waals surface area contributed by atoms with Crippen LogP contribution in [0.5, 0.6) is 0 Å². The average Bonchev–Trinajstić information content (AvgIpc) is 3.53. The molecule has 0 unspecified atom stereocenters. The Labute approximate surface area is 186 Å². The monoisotopic (exact) mass is 434 g/mol. The Kier molecular flexibility index (Phi) is 6.04. The van der Waals surface area contributed by atoms with Gasteiger partial charge in [-0.05, 0) is 41.5 Å². The number of nitrogens with zero attached hydrogens (tertiary/aromatic N) is 3. The van der Waals surface area contributed by atoms with Gasteiger partial charge in [-0.25, -0.2) is 0 Å². The first-order valence-corrected chi connectivity index (χ1v) is 11.2. The van der Waals surface area contributed by atoms with Crippen LogP contribution in [0.1, 0.15) is 22.5 Å². The second kappa shape index (κ2) is 8.89. The van der Waals surface area contributed by atoms with Gasteiger partial charge in [-0.3, -0.25) is 14.3 Å². The van der Waals surface area contributed by atoms with E-state index in [1.165, 1.54) is 4.88 Å². The van der Waals surface area contributed by atoms with Crippen molar-refractivity contribution in [2.24, 2.45) is 12.5 Å². The quantitative estimate of drug-likeness (QED) is 0.579. The number of hydrogen-bond acceptors (Lipinski definition) is 4. The minimum atomic E-state index is -0.679. The van der Waals surface area contributed by atoms with Gasteiger partial charge in [0.15, 0.2) is 0 Å². The van der Waals surface area contributed by atoms with Crippen LogP contribution in [0.3, 0.4) is 0 Å². The summed E-state index contributed by atoms with van der Waals surface area (Å²) in [5.41, 5.74) is 1.96. The van der Waals surface area contributed by atoms with Crippen LogP contribution in [-0.4, -0.2) is 46.1 Å². The molecule has 3 aromatic rings. The number of amides is 2. The molecule has 160 valence electrons. The van der Waals surface area contributed by atoms with Crippen molar-refractivity contribution in [3.63, 3.8) is 0 Å². The fraction of sp³-hybridized carbons (Fsp3) is 0.292. The normalized spacial score (nSPS) is 18.2. The summed E-state index contributed by atoms with van der Waals surface area (Å²) in [6, 6.07) is 14.2. The molecule has 0 spiro atoms. The van der Waals surface area contributed by atoms with E-state index < -0.39 is 5.41 Å². The molecule has 1 N–H and O–H groups in total. The first-order chi connectivity index (χ1) is 15.0. The molecule has 1 aromatic carbocycles. The van der Waals surface area contributed by atoms with Crippen molar-refractivity contribution in [2.75, 3.05) is 19.6 Å². The molecule has 3 heterocycles. The van der Waals surface area contributed by atoms with Crippen LogP contribution < -0.4 is 5.32 Å².